The number of aliphatic hydroxyl groups is 6. The Balaban J connectivity index is -0.00000000308. The first-order chi connectivity index (χ1) is 12.6. The fraction of sp³-hybridized carbons (Fsp3) is 0.952. The smallest absolute Gasteiger partial charge is 0.145 e. The third-order valence-electron chi connectivity index (χ3n) is 0.933. The van der Waals surface area contributed by atoms with Crippen molar-refractivity contribution in [2.45, 2.75) is 101 Å². The minimum absolute atomic E-state index is 0. The van der Waals surface area contributed by atoms with Gasteiger partial charge in [0.1, 0.15) is 5.97 Å². The van der Waals surface area contributed by atoms with E-state index < -0.39 is 5.97 Å². The van der Waals surface area contributed by atoms with Crippen molar-refractivity contribution in [1.29, 1.82) is 0 Å². The SMILES string of the molecule is C.C.CC(C)O.CC(C)O.CC(C)O.CC(C)O.CO.CO.O.O.O.O.O.O.O.O.O.O.O.O.O.O.O.O.O.[B].[CH2-]C(OC)(OC)OC.[Ti].[Ti].[Ti].[Ti].[Ti]. The van der Waals surface area contributed by atoms with Crippen LogP contribution in [0.5, 0.6) is 0 Å². The van der Waals surface area contributed by atoms with Crippen LogP contribution in [-0.2, 0) is 123 Å². The molecule has 0 unspecified atom stereocenters. The van der Waals surface area contributed by atoms with Crippen molar-refractivity contribution in [3.05, 3.63) is 6.92 Å². The minimum Gasteiger partial charge on any atom is -0.412 e. The zero-order valence-electron chi connectivity index (χ0n) is 32.0. The Bertz CT molecular complexity index is 205. The van der Waals surface area contributed by atoms with Gasteiger partial charge in [-0.2, -0.15) is 0 Å². The molecule has 0 amide bonds. The summed E-state index contributed by atoms with van der Waals surface area (Å²) in [7, 11) is 6.37. The molecule has 0 saturated carbocycles. The summed E-state index contributed by atoms with van der Waals surface area (Å²) in [5, 5.41) is 46.2. The van der Waals surface area contributed by atoms with Gasteiger partial charge >= 0.3 is 0 Å². The van der Waals surface area contributed by atoms with E-state index in [1.54, 1.807) is 55.4 Å². The van der Waals surface area contributed by atoms with Gasteiger partial charge in [0.15, 0.2) is 0 Å². The van der Waals surface area contributed by atoms with Gasteiger partial charge in [-0.3, -0.25) is 6.92 Å². The largest absolute Gasteiger partial charge is 0.412 e. The van der Waals surface area contributed by atoms with Crippen LogP contribution in [0.25, 0.3) is 0 Å². The van der Waals surface area contributed by atoms with E-state index >= 15 is 0 Å². The van der Waals surface area contributed by atoms with Gasteiger partial charge < -0.3 is 138 Å². The summed E-state index contributed by atoms with van der Waals surface area (Å²) in [5.41, 5.74) is 0. The molecular weight excluding hydrogens is 918 g/mol. The topological polar surface area (TPSA) is 685 Å². The molecule has 0 rings (SSSR count). The second-order valence-electron chi connectivity index (χ2n) is 5.67. The monoisotopic (exact) mass is 1010 g/mol. The van der Waals surface area contributed by atoms with Gasteiger partial charge in [-0.25, -0.2) is 0 Å². The van der Waals surface area contributed by atoms with Crippen molar-refractivity contribution in [2.24, 2.45) is 0 Å². The van der Waals surface area contributed by atoms with Gasteiger partial charge in [-0.1, -0.05) is 14.9 Å². The average molecular weight is 1010 g/mol. The van der Waals surface area contributed by atoms with Crippen LogP contribution in [0.2, 0.25) is 0 Å². The van der Waals surface area contributed by atoms with Crippen LogP contribution in [-0.4, -0.2) is 198 Å². The van der Waals surface area contributed by atoms with Crippen LogP contribution in [0.3, 0.4) is 0 Å². The third kappa shape index (κ3) is 1120. The molecule has 0 aliphatic carbocycles. The van der Waals surface area contributed by atoms with Gasteiger partial charge in [0.05, 0.1) is 0 Å². The molecule has 0 spiro atoms. The first-order valence-electron chi connectivity index (χ1n) is 8.74. The van der Waals surface area contributed by atoms with Crippen LogP contribution in [0.1, 0.15) is 70.2 Å². The molecule has 40 N–H and O–H groups in total. The molecule has 53 heavy (non-hydrogen) atoms. The Morgan fingerprint density at radius 1 is 0.340 bits per heavy atom. The number of aliphatic hydroxyl groups excluding tert-OH is 6. The van der Waals surface area contributed by atoms with E-state index in [0.717, 1.165) is 14.2 Å². The predicted octanol–water partition coefficient (Wildman–Crippen LogP) is -12.0. The summed E-state index contributed by atoms with van der Waals surface area (Å²) < 4.78 is 14.0. The number of hydrogen-bond donors (Lipinski definition) is 6. The molecule has 0 fully saturated rings. The maximum Gasteiger partial charge on any atom is 0.145 e. The second kappa shape index (κ2) is 282. The molecular formula is C21H93BO26Ti5-. The van der Waals surface area contributed by atoms with E-state index in [-0.39, 0.29) is 249 Å². The maximum atomic E-state index is 8.06. The summed E-state index contributed by atoms with van der Waals surface area (Å²) in [6.07, 6.45) is -0.667. The average Bonchev–Trinajstić information content (AvgIpc) is 2.56. The number of hydrogen-bond acceptors (Lipinski definition) is 9. The van der Waals surface area contributed by atoms with Crippen LogP contribution < -0.4 is 0 Å². The Morgan fingerprint density at radius 2 is 0.377 bits per heavy atom. The number of rotatable bonds is 3. The Kier molecular flexibility index (Phi) is 1580. The number of ether oxygens (including phenoxy) is 3. The van der Waals surface area contributed by atoms with Crippen molar-refractivity contribution in [1.82, 2.24) is 0 Å². The third-order valence-corrected chi connectivity index (χ3v) is 0.933. The maximum absolute atomic E-state index is 8.06. The van der Waals surface area contributed by atoms with Crippen LogP contribution in [0.15, 0.2) is 0 Å². The van der Waals surface area contributed by atoms with E-state index in [0.29, 0.717) is 0 Å². The summed E-state index contributed by atoms with van der Waals surface area (Å²) in [5.74, 6) is -1.12. The fourth-order valence-corrected chi connectivity index (χ4v) is 0.250. The zero-order chi connectivity index (χ0) is 24.9. The van der Waals surface area contributed by atoms with Crippen molar-refractivity contribution < 1.29 is 247 Å². The van der Waals surface area contributed by atoms with Crippen molar-refractivity contribution >= 4 is 8.41 Å². The molecule has 26 nitrogen and oxygen atoms in total. The molecule has 0 heterocycles. The summed E-state index contributed by atoms with van der Waals surface area (Å²) in [6, 6.07) is 0. The van der Waals surface area contributed by atoms with E-state index in [4.69, 9.17) is 30.6 Å². The van der Waals surface area contributed by atoms with Gasteiger partial charge in [0, 0.05) is 177 Å². The Labute approximate surface area is 395 Å². The van der Waals surface area contributed by atoms with Crippen molar-refractivity contribution in [2.75, 3.05) is 35.5 Å². The summed E-state index contributed by atoms with van der Waals surface area (Å²) in [6.45, 7) is 17.2. The van der Waals surface area contributed by atoms with Crippen LogP contribution >= 0.6 is 0 Å². The van der Waals surface area contributed by atoms with Gasteiger partial charge in [-0.05, 0) is 55.4 Å². The van der Waals surface area contributed by atoms with Crippen LogP contribution in [0, 0.1) is 6.92 Å². The van der Waals surface area contributed by atoms with E-state index in [1.165, 1.54) is 21.3 Å². The van der Waals surface area contributed by atoms with Crippen LogP contribution in [0.4, 0.5) is 0 Å². The normalized spacial score (nSPS) is 4.75. The zero-order valence-corrected chi connectivity index (χ0v) is 39.8. The first-order valence-corrected chi connectivity index (χ1v) is 8.74. The van der Waals surface area contributed by atoms with E-state index in [9.17, 15) is 0 Å². The number of methoxy groups -OCH3 is 3. The second-order valence-corrected chi connectivity index (χ2v) is 5.67. The molecule has 0 aromatic heterocycles. The van der Waals surface area contributed by atoms with E-state index in [2.05, 4.69) is 21.1 Å². The molecule has 357 valence electrons. The van der Waals surface area contributed by atoms with Gasteiger partial charge in [0.2, 0.25) is 0 Å². The molecule has 3 radical (unpaired) electrons. The molecule has 0 saturated heterocycles. The fourth-order valence-electron chi connectivity index (χ4n) is 0.250. The molecule has 0 aromatic rings. The quantitative estimate of drug-likeness (QED) is 0.0887. The van der Waals surface area contributed by atoms with E-state index in [1.807, 2.05) is 0 Å². The Morgan fingerprint density at radius 3 is 0.377 bits per heavy atom. The first kappa shape index (κ1) is 298. The predicted molar refractivity (Wildman–Crippen MR) is 195 cm³/mol. The molecule has 0 atom stereocenters. The van der Waals surface area contributed by atoms with Gasteiger partial charge in [-0.15, -0.1) is 0 Å². The minimum atomic E-state index is -1.12. The Hall–Kier alpha value is 2.60. The van der Waals surface area contributed by atoms with Crippen molar-refractivity contribution in [3.8, 4) is 0 Å². The van der Waals surface area contributed by atoms with Gasteiger partial charge in [0.25, 0.3) is 0 Å². The molecule has 0 aliphatic rings. The van der Waals surface area contributed by atoms with Crippen molar-refractivity contribution in [3.63, 3.8) is 0 Å². The summed E-state index contributed by atoms with van der Waals surface area (Å²) in [4.78, 5) is 0. The molecule has 32 heteroatoms. The molecule has 0 aliphatic heterocycles. The summed E-state index contributed by atoms with van der Waals surface area (Å²) >= 11 is 0. The standard InChI is InChI=1S/C5H11O3.4C3H8O.2CH4O.2CH4.B.17H2O.5Ti/c1-5(6-2,7-3)8-4;4*1-3(2)4;2*1-2;;;;;;;;;;;;;;;;;;;;;;;;;/h1H2,2-4H3;4*3-4H,1-2H3;2*2H,1H3;2*1H4;;17*1H2;;;;;/q-1;;;;;;;;;;;;;;;;;;;;;;;;;;;;;;;. The molecule has 0 bridgehead atoms. The molecule has 0 aromatic carbocycles.